The maximum atomic E-state index is 13.7. The molecule has 0 radical (unpaired) electrons. The molecule has 0 unspecified atom stereocenters. The van der Waals surface area contributed by atoms with Crippen LogP contribution >= 0.6 is 15.9 Å². The Kier molecular flexibility index (Phi) is 5.94. The maximum absolute atomic E-state index is 13.7. The van der Waals surface area contributed by atoms with Gasteiger partial charge in [0.15, 0.2) is 0 Å². The summed E-state index contributed by atoms with van der Waals surface area (Å²) in [7, 11) is 0. The fourth-order valence-corrected chi connectivity index (χ4v) is 2.93. The molecule has 22 heavy (non-hydrogen) atoms. The van der Waals surface area contributed by atoms with Crippen LogP contribution in [0.15, 0.2) is 22.7 Å². The molecule has 2 rings (SSSR count). The van der Waals surface area contributed by atoms with Crippen LogP contribution in [0.2, 0.25) is 0 Å². The van der Waals surface area contributed by atoms with E-state index in [4.69, 9.17) is 0 Å². The van der Waals surface area contributed by atoms with Crippen LogP contribution in [-0.4, -0.2) is 35.8 Å². The molecule has 0 saturated carbocycles. The number of hydrogen-bond donors (Lipinski definition) is 1. The van der Waals surface area contributed by atoms with Gasteiger partial charge in [-0.25, -0.2) is 4.39 Å². The summed E-state index contributed by atoms with van der Waals surface area (Å²) in [6.45, 7) is 3.18. The Morgan fingerprint density at radius 1 is 1.50 bits per heavy atom. The van der Waals surface area contributed by atoms with E-state index < -0.39 is 0 Å². The Morgan fingerprint density at radius 3 is 2.91 bits per heavy atom. The zero-order valence-electron chi connectivity index (χ0n) is 12.6. The van der Waals surface area contributed by atoms with E-state index in [-0.39, 0.29) is 30.1 Å². The summed E-state index contributed by atoms with van der Waals surface area (Å²) in [5.41, 5.74) is 0.528. The zero-order valence-corrected chi connectivity index (χ0v) is 14.2. The van der Waals surface area contributed by atoms with Gasteiger partial charge in [-0.2, -0.15) is 0 Å². The second kappa shape index (κ2) is 7.72. The molecule has 1 aliphatic rings. The predicted molar refractivity (Wildman–Crippen MR) is 85.8 cm³/mol. The number of carbonyl (C=O) groups is 2. The number of nitrogens with one attached hydrogen (secondary N) is 1. The Balaban J connectivity index is 1.76. The smallest absolute Gasteiger partial charge is 0.222 e. The van der Waals surface area contributed by atoms with Crippen LogP contribution < -0.4 is 5.32 Å². The first kappa shape index (κ1) is 16.9. The highest BCUT2D eigenvalue weighted by molar-refractivity contribution is 9.10. The van der Waals surface area contributed by atoms with E-state index in [0.717, 1.165) is 13.0 Å². The van der Waals surface area contributed by atoms with Crippen molar-refractivity contribution in [3.63, 3.8) is 0 Å². The van der Waals surface area contributed by atoms with Crippen LogP contribution in [0.3, 0.4) is 0 Å². The molecule has 0 aromatic heterocycles. The maximum Gasteiger partial charge on any atom is 0.222 e. The summed E-state index contributed by atoms with van der Waals surface area (Å²) < 4.78 is 14.4. The minimum Gasteiger partial charge on any atom is -0.352 e. The third-order valence-corrected chi connectivity index (χ3v) is 4.20. The fraction of sp³-hybridized carbons (Fsp3) is 0.500. The van der Waals surface area contributed by atoms with Crippen molar-refractivity contribution in [2.45, 2.75) is 38.6 Å². The molecular formula is C16H20BrFN2O2. The van der Waals surface area contributed by atoms with Crippen molar-refractivity contribution in [2.75, 3.05) is 13.1 Å². The van der Waals surface area contributed by atoms with E-state index in [1.165, 1.54) is 6.07 Å². The van der Waals surface area contributed by atoms with E-state index in [0.29, 0.717) is 29.4 Å². The van der Waals surface area contributed by atoms with Crippen LogP contribution in [-0.2, 0) is 16.0 Å². The second-order valence-electron chi connectivity index (χ2n) is 5.65. The van der Waals surface area contributed by atoms with Crippen LogP contribution in [0.25, 0.3) is 0 Å². The standard InChI is InChI=1S/C16H20BrFN2O2/c1-11(10-20-8-2-3-16(20)22)19-15(21)7-5-12-4-6-13(17)9-14(12)18/h4,6,9,11H,2-3,5,7-8,10H2,1H3,(H,19,21)/t11-/m0/s1. The Bertz CT molecular complexity index is 565. The normalized spacial score (nSPS) is 16.0. The van der Waals surface area contributed by atoms with Gasteiger partial charge in [0.05, 0.1) is 0 Å². The van der Waals surface area contributed by atoms with Crippen LogP contribution in [0.1, 0.15) is 31.7 Å². The highest BCUT2D eigenvalue weighted by Gasteiger charge is 2.22. The highest BCUT2D eigenvalue weighted by Crippen LogP contribution is 2.16. The number of amides is 2. The lowest BCUT2D eigenvalue weighted by Gasteiger charge is -2.21. The molecule has 2 amide bonds. The summed E-state index contributed by atoms with van der Waals surface area (Å²) in [6.07, 6.45) is 2.09. The molecule has 1 atom stereocenters. The van der Waals surface area contributed by atoms with Crippen molar-refractivity contribution in [3.8, 4) is 0 Å². The second-order valence-corrected chi connectivity index (χ2v) is 6.56. The van der Waals surface area contributed by atoms with Crippen molar-refractivity contribution in [2.24, 2.45) is 0 Å². The molecule has 120 valence electrons. The van der Waals surface area contributed by atoms with Gasteiger partial charge in [0.1, 0.15) is 5.82 Å². The first-order chi connectivity index (χ1) is 10.5. The van der Waals surface area contributed by atoms with Crippen LogP contribution in [0, 0.1) is 5.82 Å². The molecule has 1 aliphatic heterocycles. The van der Waals surface area contributed by atoms with Crippen LogP contribution in [0.4, 0.5) is 4.39 Å². The number of rotatable bonds is 6. The molecule has 1 aromatic rings. The molecule has 1 saturated heterocycles. The molecule has 1 N–H and O–H groups in total. The zero-order chi connectivity index (χ0) is 16.1. The molecule has 1 aromatic carbocycles. The van der Waals surface area contributed by atoms with Gasteiger partial charge < -0.3 is 10.2 Å². The summed E-state index contributed by atoms with van der Waals surface area (Å²) >= 11 is 3.20. The van der Waals surface area contributed by atoms with E-state index in [1.807, 2.05) is 6.92 Å². The third kappa shape index (κ3) is 4.80. The molecule has 4 nitrogen and oxygen atoms in total. The average Bonchev–Trinajstić information content (AvgIpc) is 2.83. The quantitative estimate of drug-likeness (QED) is 0.836. The number of hydrogen-bond acceptors (Lipinski definition) is 2. The first-order valence-electron chi connectivity index (χ1n) is 7.47. The van der Waals surface area contributed by atoms with E-state index in [9.17, 15) is 14.0 Å². The molecule has 0 aliphatic carbocycles. The largest absolute Gasteiger partial charge is 0.352 e. The molecule has 0 spiro atoms. The number of aryl methyl sites for hydroxylation is 1. The number of nitrogens with zero attached hydrogens (tertiary/aromatic N) is 1. The number of halogens is 2. The topological polar surface area (TPSA) is 49.4 Å². The number of carbonyl (C=O) groups excluding carboxylic acids is 2. The average molecular weight is 371 g/mol. The summed E-state index contributed by atoms with van der Waals surface area (Å²) in [4.78, 5) is 25.2. The van der Waals surface area contributed by atoms with E-state index in [2.05, 4.69) is 21.2 Å². The van der Waals surface area contributed by atoms with Crippen molar-refractivity contribution < 1.29 is 14.0 Å². The van der Waals surface area contributed by atoms with Gasteiger partial charge >= 0.3 is 0 Å². The highest BCUT2D eigenvalue weighted by atomic mass is 79.9. The summed E-state index contributed by atoms with van der Waals surface area (Å²) in [5, 5.41) is 2.86. The Morgan fingerprint density at radius 2 is 2.27 bits per heavy atom. The lowest BCUT2D eigenvalue weighted by Crippen LogP contribution is -2.42. The predicted octanol–water partition coefficient (Wildman–Crippen LogP) is 2.65. The lowest BCUT2D eigenvalue weighted by atomic mass is 10.1. The first-order valence-corrected chi connectivity index (χ1v) is 8.26. The van der Waals surface area contributed by atoms with E-state index in [1.54, 1.807) is 17.0 Å². The number of benzene rings is 1. The minimum atomic E-state index is -0.308. The number of likely N-dealkylation sites (tertiary alicyclic amines) is 1. The minimum absolute atomic E-state index is 0.0932. The van der Waals surface area contributed by atoms with Gasteiger partial charge in [-0.1, -0.05) is 22.0 Å². The fourth-order valence-electron chi connectivity index (χ4n) is 2.59. The molecule has 6 heteroatoms. The Hall–Kier alpha value is -1.43. The molecular weight excluding hydrogens is 351 g/mol. The lowest BCUT2D eigenvalue weighted by molar-refractivity contribution is -0.129. The van der Waals surface area contributed by atoms with Crippen LogP contribution in [0.5, 0.6) is 0 Å². The SMILES string of the molecule is C[C@@H](CN1CCCC1=O)NC(=O)CCc1ccc(Br)cc1F. The molecule has 0 bridgehead atoms. The molecule has 1 heterocycles. The molecule has 1 fully saturated rings. The van der Waals surface area contributed by atoms with Crippen molar-refractivity contribution in [1.82, 2.24) is 10.2 Å². The third-order valence-electron chi connectivity index (χ3n) is 3.71. The summed E-state index contributed by atoms with van der Waals surface area (Å²) in [5.74, 6) is -0.280. The van der Waals surface area contributed by atoms with Crippen molar-refractivity contribution in [1.29, 1.82) is 0 Å². The van der Waals surface area contributed by atoms with Crippen molar-refractivity contribution >= 4 is 27.7 Å². The van der Waals surface area contributed by atoms with E-state index >= 15 is 0 Å². The monoisotopic (exact) mass is 370 g/mol. The Labute approximate surface area is 138 Å². The van der Waals surface area contributed by atoms with Gasteiger partial charge in [-0.15, -0.1) is 0 Å². The summed E-state index contributed by atoms with van der Waals surface area (Å²) in [6, 6.07) is 4.75. The van der Waals surface area contributed by atoms with Gasteiger partial charge in [-0.3, -0.25) is 9.59 Å². The van der Waals surface area contributed by atoms with Gasteiger partial charge in [0.2, 0.25) is 11.8 Å². The van der Waals surface area contributed by atoms with Gasteiger partial charge in [0, 0.05) is 36.4 Å². The van der Waals surface area contributed by atoms with Gasteiger partial charge in [-0.05, 0) is 37.5 Å². The van der Waals surface area contributed by atoms with Gasteiger partial charge in [0.25, 0.3) is 0 Å². The van der Waals surface area contributed by atoms with Crippen molar-refractivity contribution in [3.05, 3.63) is 34.1 Å².